The summed E-state index contributed by atoms with van der Waals surface area (Å²) in [7, 11) is 0. The molecule has 0 aromatic heterocycles. The van der Waals surface area contributed by atoms with Crippen LogP contribution in [0.1, 0.15) is 39.2 Å². The number of nitrogens with one attached hydrogen (secondary N) is 1. The zero-order valence-corrected chi connectivity index (χ0v) is 19.7. The van der Waals surface area contributed by atoms with Crippen LogP contribution in [0.2, 0.25) is 5.02 Å². The summed E-state index contributed by atoms with van der Waals surface area (Å²) in [4.78, 5) is 26.0. The second kappa shape index (κ2) is 9.40. The van der Waals surface area contributed by atoms with E-state index < -0.39 is 5.60 Å². The molecule has 3 rings (SSSR count). The Hall–Kier alpha value is -2.05. The molecule has 1 atom stereocenters. The van der Waals surface area contributed by atoms with Gasteiger partial charge in [-0.15, -0.1) is 0 Å². The van der Waals surface area contributed by atoms with Crippen molar-refractivity contribution in [1.29, 1.82) is 0 Å². The molecule has 0 aliphatic carbocycles. The molecule has 7 heteroatoms. The van der Waals surface area contributed by atoms with Gasteiger partial charge >= 0.3 is 6.09 Å². The van der Waals surface area contributed by atoms with Gasteiger partial charge in [-0.1, -0.05) is 48.0 Å². The lowest BCUT2D eigenvalue weighted by atomic mass is 10.0. The van der Waals surface area contributed by atoms with Gasteiger partial charge in [0, 0.05) is 35.6 Å². The van der Waals surface area contributed by atoms with Crippen molar-refractivity contribution in [2.75, 3.05) is 6.54 Å². The highest BCUT2D eigenvalue weighted by atomic mass is 79.9. The lowest BCUT2D eigenvalue weighted by Crippen LogP contribution is -2.43. The van der Waals surface area contributed by atoms with Crippen molar-refractivity contribution >= 4 is 39.5 Å². The molecule has 1 heterocycles. The quantitative estimate of drug-likeness (QED) is 0.574. The highest BCUT2D eigenvalue weighted by molar-refractivity contribution is 9.10. The van der Waals surface area contributed by atoms with Crippen LogP contribution in [-0.2, 0) is 16.1 Å². The molecule has 2 aromatic rings. The zero-order valence-electron chi connectivity index (χ0n) is 17.4. The van der Waals surface area contributed by atoms with Crippen molar-refractivity contribution in [1.82, 2.24) is 10.2 Å². The van der Waals surface area contributed by atoms with Crippen LogP contribution in [-0.4, -0.2) is 35.1 Å². The summed E-state index contributed by atoms with van der Waals surface area (Å²) in [5.41, 5.74) is 2.32. The van der Waals surface area contributed by atoms with Crippen LogP contribution in [0, 0.1) is 0 Å². The molecule has 160 valence electrons. The van der Waals surface area contributed by atoms with Gasteiger partial charge in [-0.3, -0.25) is 4.79 Å². The minimum absolute atomic E-state index is 0.0272. The smallest absolute Gasteiger partial charge is 0.410 e. The van der Waals surface area contributed by atoms with E-state index in [1.165, 1.54) is 0 Å². The Balaban J connectivity index is 1.76. The third-order valence-corrected chi connectivity index (χ3v) is 6.06. The largest absolute Gasteiger partial charge is 0.444 e. The molecule has 1 fully saturated rings. The highest BCUT2D eigenvalue weighted by Crippen LogP contribution is 2.33. The number of hydrogen-bond donors (Lipinski definition) is 1. The van der Waals surface area contributed by atoms with E-state index in [4.69, 9.17) is 16.3 Å². The van der Waals surface area contributed by atoms with E-state index in [0.717, 1.165) is 27.6 Å². The fourth-order valence-corrected chi connectivity index (χ4v) is 3.95. The number of halogens is 2. The Bertz CT molecular complexity index is 925. The third kappa shape index (κ3) is 5.99. The van der Waals surface area contributed by atoms with E-state index >= 15 is 0 Å². The van der Waals surface area contributed by atoms with Crippen LogP contribution in [0.5, 0.6) is 0 Å². The highest BCUT2D eigenvalue weighted by Gasteiger charge is 2.28. The monoisotopic (exact) mass is 492 g/mol. The van der Waals surface area contributed by atoms with Gasteiger partial charge in [0.05, 0.1) is 5.02 Å². The molecule has 0 radical (unpaired) electrons. The maximum atomic E-state index is 12.8. The average molecular weight is 494 g/mol. The predicted molar refractivity (Wildman–Crippen MR) is 122 cm³/mol. The molecule has 0 unspecified atom stereocenters. The minimum Gasteiger partial charge on any atom is -0.444 e. The van der Waals surface area contributed by atoms with Crippen molar-refractivity contribution in [3.05, 3.63) is 57.5 Å². The number of benzene rings is 2. The summed E-state index contributed by atoms with van der Waals surface area (Å²) in [5.74, 6) is 0.0272. The van der Waals surface area contributed by atoms with Crippen molar-refractivity contribution in [3.8, 4) is 11.1 Å². The molecule has 5 nitrogen and oxygen atoms in total. The fraction of sp³-hybridized carbons (Fsp3) is 0.391. The van der Waals surface area contributed by atoms with E-state index in [1.54, 1.807) is 4.90 Å². The Morgan fingerprint density at radius 1 is 1.23 bits per heavy atom. The lowest BCUT2D eigenvalue weighted by Gasteiger charge is -2.29. The molecule has 0 spiro atoms. The molecule has 2 amide bonds. The minimum atomic E-state index is -0.588. The maximum absolute atomic E-state index is 12.8. The number of carbonyl (C=O) groups is 2. The van der Waals surface area contributed by atoms with Gasteiger partial charge in [-0.25, -0.2) is 4.79 Å². The first kappa shape index (κ1) is 22.6. The molecule has 2 aromatic carbocycles. The molecular weight excluding hydrogens is 468 g/mol. The summed E-state index contributed by atoms with van der Waals surface area (Å²) < 4.78 is 6.43. The first-order valence-corrected chi connectivity index (χ1v) is 11.1. The summed E-state index contributed by atoms with van der Waals surface area (Å²) in [6.07, 6.45) is 0.829. The molecule has 1 N–H and O–H groups in total. The Morgan fingerprint density at radius 3 is 2.53 bits per heavy atom. The number of ether oxygens (including phenoxy) is 1. The van der Waals surface area contributed by atoms with Crippen LogP contribution in [0.25, 0.3) is 11.1 Å². The van der Waals surface area contributed by atoms with Crippen molar-refractivity contribution in [2.45, 2.75) is 51.8 Å². The Morgan fingerprint density at radius 2 is 1.93 bits per heavy atom. The van der Waals surface area contributed by atoms with Crippen molar-refractivity contribution < 1.29 is 14.3 Å². The van der Waals surface area contributed by atoms with Crippen molar-refractivity contribution in [3.63, 3.8) is 0 Å². The van der Waals surface area contributed by atoms with Gasteiger partial charge in [0.25, 0.3) is 0 Å². The number of carbonyl (C=O) groups excluding carboxylic acids is 2. The van der Waals surface area contributed by atoms with Crippen LogP contribution in [0.15, 0.2) is 46.9 Å². The van der Waals surface area contributed by atoms with E-state index in [2.05, 4.69) is 21.2 Å². The van der Waals surface area contributed by atoms with Crippen LogP contribution in [0.3, 0.4) is 0 Å². The normalized spacial score (nSPS) is 16.3. The first-order chi connectivity index (χ1) is 14.1. The number of rotatable bonds is 5. The molecule has 0 bridgehead atoms. The molecule has 1 aliphatic heterocycles. The number of nitrogens with zero attached hydrogens (tertiary/aromatic N) is 1. The van der Waals surface area contributed by atoms with Gasteiger partial charge in [0.2, 0.25) is 5.91 Å². The topological polar surface area (TPSA) is 58.6 Å². The molecule has 0 saturated carbocycles. The Labute approximate surface area is 190 Å². The molecule has 1 saturated heterocycles. The fourth-order valence-electron chi connectivity index (χ4n) is 3.35. The summed E-state index contributed by atoms with van der Waals surface area (Å²) in [6.45, 7) is 6.35. The van der Waals surface area contributed by atoms with Gasteiger partial charge in [-0.2, -0.15) is 0 Å². The van der Waals surface area contributed by atoms with E-state index in [-0.39, 0.29) is 18.0 Å². The summed E-state index contributed by atoms with van der Waals surface area (Å²) >= 11 is 9.87. The van der Waals surface area contributed by atoms with E-state index in [9.17, 15) is 9.59 Å². The standard InChI is InChI=1S/C23H26BrClN2O3/c1-23(2,3)30-22(29)27(14-17-11-12-20(28)26-17)13-15-7-9-16(10-8-15)18-5-4-6-19(24)21(18)25/h4-10,17H,11-14H2,1-3H3,(H,26,28)/t17-/m0/s1. The number of amides is 2. The molecule has 1 aliphatic rings. The van der Waals surface area contributed by atoms with Gasteiger partial charge in [-0.05, 0) is 60.3 Å². The van der Waals surface area contributed by atoms with Crippen molar-refractivity contribution in [2.24, 2.45) is 0 Å². The Kier molecular flexibility index (Phi) is 7.09. The summed E-state index contributed by atoms with van der Waals surface area (Å²) in [5, 5.41) is 3.59. The predicted octanol–water partition coefficient (Wildman–Crippen LogP) is 5.79. The van der Waals surface area contributed by atoms with E-state index in [0.29, 0.717) is 24.5 Å². The summed E-state index contributed by atoms with van der Waals surface area (Å²) in [6, 6.07) is 13.7. The first-order valence-electron chi connectivity index (χ1n) is 9.93. The van der Waals surface area contributed by atoms with Gasteiger partial charge in [0.1, 0.15) is 5.60 Å². The average Bonchev–Trinajstić information content (AvgIpc) is 3.08. The molecular formula is C23H26BrClN2O3. The van der Waals surface area contributed by atoms with Gasteiger partial charge < -0.3 is 15.0 Å². The maximum Gasteiger partial charge on any atom is 0.410 e. The van der Waals surface area contributed by atoms with Crippen LogP contribution >= 0.6 is 27.5 Å². The van der Waals surface area contributed by atoms with Gasteiger partial charge in [0.15, 0.2) is 0 Å². The second-order valence-electron chi connectivity index (χ2n) is 8.46. The zero-order chi connectivity index (χ0) is 21.9. The molecule has 30 heavy (non-hydrogen) atoms. The van der Waals surface area contributed by atoms with Crippen LogP contribution in [0.4, 0.5) is 4.79 Å². The van der Waals surface area contributed by atoms with E-state index in [1.807, 2.05) is 63.2 Å². The van der Waals surface area contributed by atoms with Crippen LogP contribution < -0.4 is 5.32 Å². The lowest BCUT2D eigenvalue weighted by molar-refractivity contribution is -0.119. The number of hydrogen-bond acceptors (Lipinski definition) is 3. The second-order valence-corrected chi connectivity index (χ2v) is 9.69. The third-order valence-electron chi connectivity index (χ3n) is 4.77. The SMILES string of the molecule is CC(C)(C)OC(=O)N(Cc1ccc(-c2cccc(Br)c2Cl)cc1)C[C@@H]1CCC(=O)N1.